The van der Waals surface area contributed by atoms with Crippen LogP contribution in [0.1, 0.15) is 69.7 Å². The Bertz CT molecular complexity index is 1350. The number of likely N-dealkylation sites (tertiary alicyclic amines) is 1. The molecule has 1 aliphatic carbocycles. The molecule has 0 unspecified atom stereocenters. The molecule has 0 spiro atoms. The van der Waals surface area contributed by atoms with Crippen LogP contribution in [-0.4, -0.2) is 59.8 Å². The number of aromatic nitrogens is 1. The Kier molecular flexibility index (Phi) is 8.91. The summed E-state index contributed by atoms with van der Waals surface area (Å²) in [7, 11) is 1.59. The highest BCUT2D eigenvalue weighted by molar-refractivity contribution is 5.99. The largest absolute Gasteiger partial charge is 0.497 e. The zero-order valence-corrected chi connectivity index (χ0v) is 23.1. The molecule has 9 heteroatoms. The molecule has 1 N–H and O–H groups in total. The van der Waals surface area contributed by atoms with Gasteiger partial charge in [-0.05, 0) is 99.2 Å². The first-order valence-corrected chi connectivity index (χ1v) is 14.1. The fourth-order valence-corrected chi connectivity index (χ4v) is 5.46. The molecule has 2 amide bonds. The number of pyridine rings is 1. The van der Waals surface area contributed by atoms with E-state index in [0.29, 0.717) is 48.6 Å². The van der Waals surface area contributed by atoms with Crippen molar-refractivity contribution in [2.75, 3.05) is 20.2 Å². The van der Waals surface area contributed by atoms with Gasteiger partial charge >= 0.3 is 0 Å². The van der Waals surface area contributed by atoms with Crippen molar-refractivity contribution in [3.8, 4) is 11.5 Å². The number of methoxy groups -OCH3 is 1. The Labute approximate surface area is 238 Å². The maximum absolute atomic E-state index is 13.1. The van der Waals surface area contributed by atoms with Crippen molar-refractivity contribution in [3.63, 3.8) is 0 Å². The standard InChI is InChI=1S/C32H34FN3O5/c1-40-26-9-2-21(3-10-26)30(37)22-16-18-36(19-17-22)32(39)23-4-15-29(34-20-23)31(38)35-25-7-13-28(14-8-25)41-27-11-5-24(33)6-12-27/h2-6,9-12,15,20,22,25,28H,7-8,13-14,16-19H2,1H3,(H,35,38)/t25-,28+. The Balaban J connectivity index is 1.07. The number of benzene rings is 2. The van der Waals surface area contributed by atoms with Crippen LogP contribution in [0.2, 0.25) is 0 Å². The summed E-state index contributed by atoms with van der Waals surface area (Å²) in [6.45, 7) is 0.975. The van der Waals surface area contributed by atoms with E-state index >= 15 is 0 Å². The van der Waals surface area contributed by atoms with Gasteiger partial charge in [0, 0.05) is 36.8 Å². The van der Waals surface area contributed by atoms with Gasteiger partial charge < -0.3 is 19.7 Å². The van der Waals surface area contributed by atoms with Gasteiger partial charge in [-0.1, -0.05) is 0 Å². The second-order valence-corrected chi connectivity index (χ2v) is 10.6. The lowest BCUT2D eigenvalue weighted by Gasteiger charge is -2.31. The molecule has 5 rings (SSSR count). The Morgan fingerprint density at radius 3 is 2.07 bits per heavy atom. The molecule has 8 nitrogen and oxygen atoms in total. The molecular formula is C32H34FN3O5. The molecule has 1 saturated heterocycles. The molecule has 3 aromatic rings. The second-order valence-electron chi connectivity index (χ2n) is 10.6. The minimum absolute atomic E-state index is 0.0144. The van der Waals surface area contributed by atoms with Crippen LogP contribution in [-0.2, 0) is 0 Å². The molecule has 2 aromatic carbocycles. The number of nitrogens with zero attached hydrogens (tertiary/aromatic N) is 2. The fraction of sp³-hybridized carbons (Fsp3) is 0.375. The van der Waals surface area contributed by atoms with Crippen molar-refractivity contribution in [3.05, 3.63) is 89.5 Å². The normalized spacial score (nSPS) is 19.3. The van der Waals surface area contributed by atoms with Crippen molar-refractivity contribution in [1.82, 2.24) is 15.2 Å². The number of carbonyl (C=O) groups excluding carboxylic acids is 3. The van der Waals surface area contributed by atoms with Crippen molar-refractivity contribution >= 4 is 17.6 Å². The lowest BCUT2D eigenvalue weighted by atomic mass is 9.88. The maximum Gasteiger partial charge on any atom is 0.270 e. The summed E-state index contributed by atoms with van der Waals surface area (Å²) in [6, 6.07) is 16.3. The molecule has 1 aromatic heterocycles. The van der Waals surface area contributed by atoms with E-state index in [9.17, 15) is 18.8 Å². The van der Waals surface area contributed by atoms with Crippen LogP contribution in [0, 0.1) is 11.7 Å². The number of ketones is 1. The fourth-order valence-electron chi connectivity index (χ4n) is 5.46. The van der Waals surface area contributed by atoms with Crippen molar-refractivity contribution < 1.29 is 28.2 Å². The third kappa shape index (κ3) is 7.09. The van der Waals surface area contributed by atoms with Gasteiger partial charge in [-0.2, -0.15) is 0 Å². The number of piperidine rings is 1. The Morgan fingerprint density at radius 2 is 1.46 bits per heavy atom. The van der Waals surface area contributed by atoms with E-state index in [2.05, 4.69) is 10.3 Å². The smallest absolute Gasteiger partial charge is 0.270 e. The molecule has 214 valence electrons. The van der Waals surface area contributed by atoms with Gasteiger partial charge in [-0.3, -0.25) is 19.4 Å². The van der Waals surface area contributed by atoms with Gasteiger partial charge in [-0.15, -0.1) is 0 Å². The summed E-state index contributed by atoms with van der Waals surface area (Å²) in [5.74, 6) is 0.588. The first kappa shape index (κ1) is 28.3. The summed E-state index contributed by atoms with van der Waals surface area (Å²) >= 11 is 0. The van der Waals surface area contributed by atoms with Gasteiger partial charge in [0.15, 0.2) is 5.78 Å². The quantitative estimate of drug-likeness (QED) is 0.387. The van der Waals surface area contributed by atoms with Crippen molar-refractivity contribution in [2.45, 2.75) is 50.7 Å². The van der Waals surface area contributed by atoms with Crippen molar-refractivity contribution in [1.29, 1.82) is 0 Å². The number of Topliss-reactive ketones (excluding diaryl/α,β-unsaturated/α-hetero) is 1. The molecule has 2 aliphatic rings. The van der Waals surface area contributed by atoms with Crippen LogP contribution in [0.3, 0.4) is 0 Å². The molecule has 1 aliphatic heterocycles. The van der Waals surface area contributed by atoms with Crippen LogP contribution in [0.25, 0.3) is 0 Å². The van der Waals surface area contributed by atoms with E-state index in [1.54, 1.807) is 60.5 Å². The van der Waals surface area contributed by atoms with E-state index in [1.165, 1.54) is 18.3 Å². The number of hydrogen-bond acceptors (Lipinski definition) is 6. The average Bonchev–Trinajstić information content (AvgIpc) is 3.02. The van der Waals surface area contributed by atoms with Crippen LogP contribution in [0.4, 0.5) is 4.39 Å². The van der Waals surface area contributed by atoms with E-state index in [-0.39, 0.29) is 47.2 Å². The number of ether oxygens (including phenoxy) is 2. The van der Waals surface area contributed by atoms with Crippen LogP contribution < -0.4 is 14.8 Å². The van der Waals surface area contributed by atoms with Crippen molar-refractivity contribution in [2.24, 2.45) is 5.92 Å². The van der Waals surface area contributed by atoms with Gasteiger partial charge in [-0.25, -0.2) is 4.39 Å². The maximum atomic E-state index is 13.1. The van der Waals surface area contributed by atoms with Gasteiger partial charge in [0.05, 0.1) is 18.8 Å². The van der Waals surface area contributed by atoms with Crippen LogP contribution >= 0.6 is 0 Å². The topological polar surface area (TPSA) is 97.8 Å². The summed E-state index contributed by atoms with van der Waals surface area (Å²) in [5, 5.41) is 3.03. The Hall–Kier alpha value is -4.27. The predicted octanol–water partition coefficient (Wildman–Crippen LogP) is 5.08. The highest BCUT2D eigenvalue weighted by atomic mass is 19.1. The van der Waals surface area contributed by atoms with Gasteiger partial charge in [0.2, 0.25) is 0 Å². The molecule has 0 atom stereocenters. The van der Waals surface area contributed by atoms with Crippen LogP contribution in [0.5, 0.6) is 11.5 Å². The first-order valence-electron chi connectivity index (χ1n) is 14.1. The minimum atomic E-state index is -0.297. The minimum Gasteiger partial charge on any atom is -0.497 e. The monoisotopic (exact) mass is 559 g/mol. The van der Waals surface area contributed by atoms with Gasteiger partial charge in [0.1, 0.15) is 23.0 Å². The molecule has 1 saturated carbocycles. The third-order valence-corrected chi connectivity index (χ3v) is 7.90. The average molecular weight is 560 g/mol. The predicted molar refractivity (Wildman–Crippen MR) is 151 cm³/mol. The molecule has 2 heterocycles. The van der Waals surface area contributed by atoms with E-state index in [1.807, 2.05) is 0 Å². The molecular weight excluding hydrogens is 525 g/mol. The number of halogens is 1. The summed E-state index contributed by atoms with van der Waals surface area (Å²) < 4.78 is 24.2. The van der Waals surface area contributed by atoms with Crippen LogP contribution in [0.15, 0.2) is 66.9 Å². The number of amides is 2. The van der Waals surface area contributed by atoms with Gasteiger partial charge in [0.25, 0.3) is 11.8 Å². The SMILES string of the molecule is COc1ccc(C(=O)C2CCN(C(=O)c3ccc(C(=O)N[C@H]4CC[C@@H](Oc5ccc(F)cc5)CC4)nc3)CC2)cc1. The molecule has 0 bridgehead atoms. The summed E-state index contributed by atoms with van der Waals surface area (Å²) in [5.41, 5.74) is 1.33. The lowest BCUT2D eigenvalue weighted by molar-refractivity contribution is 0.0649. The Morgan fingerprint density at radius 1 is 0.829 bits per heavy atom. The molecule has 0 radical (unpaired) electrons. The highest BCUT2D eigenvalue weighted by Gasteiger charge is 2.29. The first-order chi connectivity index (χ1) is 19.9. The highest BCUT2D eigenvalue weighted by Crippen LogP contribution is 2.26. The lowest BCUT2D eigenvalue weighted by Crippen LogP contribution is -2.40. The summed E-state index contributed by atoms with van der Waals surface area (Å²) in [4.78, 5) is 44.7. The number of hydrogen-bond donors (Lipinski definition) is 1. The van der Waals surface area contributed by atoms with E-state index < -0.39 is 0 Å². The van der Waals surface area contributed by atoms with E-state index in [4.69, 9.17) is 9.47 Å². The number of carbonyl (C=O) groups is 3. The summed E-state index contributed by atoms with van der Waals surface area (Å²) in [6.07, 6.45) is 5.78. The zero-order chi connectivity index (χ0) is 28.8. The third-order valence-electron chi connectivity index (χ3n) is 7.90. The molecule has 41 heavy (non-hydrogen) atoms. The number of nitrogens with one attached hydrogen (secondary N) is 1. The number of rotatable bonds is 8. The van der Waals surface area contributed by atoms with E-state index in [0.717, 1.165) is 25.7 Å². The zero-order valence-electron chi connectivity index (χ0n) is 23.1. The molecule has 2 fully saturated rings. The second kappa shape index (κ2) is 12.9.